The second-order valence-electron chi connectivity index (χ2n) is 4.84. The topological polar surface area (TPSA) is 21.8 Å². The molecule has 0 saturated carbocycles. The summed E-state index contributed by atoms with van der Waals surface area (Å²) in [6, 6.07) is 4.29. The van der Waals surface area contributed by atoms with Crippen molar-refractivity contribution in [1.82, 2.24) is 0 Å². The van der Waals surface area contributed by atoms with Crippen LogP contribution in [-0.4, -0.2) is 19.3 Å². The third kappa shape index (κ3) is 3.14. The molecule has 1 aromatic carbocycles. The summed E-state index contributed by atoms with van der Waals surface area (Å²) in [6.07, 6.45) is 5.48. The average Bonchev–Trinajstić information content (AvgIpc) is 3.17. The minimum atomic E-state index is 0.308. The molecule has 0 amide bonds. The van der Waals surface area contributed by atoms with Gasteiger partial charge in [0.25, 0.3) is 0 Å². The standard InChI is InChI=1S/C16H22O2/c1-4-6-13-8-9-16(18-11-14-10-17-14)12(3)15(13)7-5-2/h5,8-9,14H,2,4,6-7,10-11H2,1,3H3. The van der Waals surface area contributed by atoms with E-state index in [4.69, 9.17) is 9.47 Å². The molecule has 0 radical (unpaired) electrons. The third-order valence-electron chi connectivity index (χ3n) is 3.34. The number of benzene rings is 1. The predicted molar refractivity (Wildman–Crippen MR) is 74.3 cm³/mol. The molecule has 2 rings (SSSR count). The van der Waals surface area contributed by atoms with Gasteiger partial charge in [0.1, 0.15) is 18.5 Å². The zero-order chi connectivity index (χ0) is 13.0. The number of rotatable bonds is 7. The SMILES string of the molecule is C=CCc1c(CCC)ccc(OCC2CO2)c1C. The van der Waals surface area contributed by atoms with Gasteiger partial charge in [0.15, 0.2) is 0 Å². The highest BCUT2D eigenvalue weighted by atomic mass is 16.6. The van der Waals surface area contributed by atoms with Crippen molar-refractivity contribution in [3.8, 4) is 5.75 Å². The Labute approximate surface area is 110 Å². The molecule has 1 heterocycles. The fraction of sp³-hybridized carbons (Fsp3) is 0.500. The van der Waals surface area contributed by atoms with Crippen LogP contribution in [0.4, 0.5) is 0 Å². The molecule has 1 aliphatic heterocycles. The molecule has 1 atom stereocenters. The van der Waals surface area contributed by atoms with Crippen molar-refractivity contribution in [2.24, 2.45) is 0 Å². The van der Waals surface area contributed by atoms with E-state index in [2.05, 4.69) is 32.6 Å². The summed E-state index contributed by atoms with van der Waals surface area (Å²) >= 11 is 0. The molecular weight excluding hydrogens is 224 g/mol. The lowest BCUT2D eigenvalue weighted by molar-refractivity contribution is 0.261. The van der Waals surface area contributed by atoms with Gasteiger partial charge in [-0.3, -0.25) is 0 Å². The third-order valence-corrected chi connectivity index (χ3v) is 3.34. The largest absolute Gasteiger partial charge is 0.491 e. The van der Waals surface area contributed by atoms with E-state index in [-0.39, 0.29) is 0 Å². The Morgan fingerprint density at radius 1 is 1.50 bits per heavy atom. The summed E-state index contributed by atoms with van der Waals surface area (Å²) in [7, 11) is 0. The first kappa shape index (κ1) is 13.2. The second-order valence-corrected chi connectivity index (χ2v) is 4.84. The molecule has 18 heavy (non-hydrogen) atoms. The van der Waals surface area contributed by atoms with Crippen LogP contribution in [0.25, 0.3) is 0 Å². The Morgan fingerprint density at radius 3 is 2.89 bits per heavy atom. The van der Waals surface area contributed by atoms with E-state index >= 15 is 0 Å². The number of ether oxygens (including phenoxy) is 2. The monoisotopic (exact) mass is 246 g/mol. The van der Waals surface area contributed by atoms with Gasteiger partial charge in [-0.25, -0.2) is 0 Å². The van der Waals surface area contributed by atoms with E-state index in [1.54, 1.807) is 0 Å². The number of hydrogen-bond donors (Lipinski definition) is 0. The van der Waals surface area contributed by atoms with Gasteiger partial charge in [0.05, 0.1) is 6.61 Å². The molecular formula is C16H22O2. The van der Waals surface area contributed by atoms with Crippen molar-refractivity contribution >= 4 is 0 Å². The van der Waals surface area contributed by atoms with Crippen LogP contribution in [-0.2, 0) is 17.6 Å². The van der Waals surface area contributed by atoms with Crippen LogP contribution in [0.1, 0.15) is 30.0 Å². The van der Waals surface area contributed by atoms with Gasteiger partial charge in [-0.1, -0.05) is 25.5 Å². The van der Waals surface area contributed by atoms with E-state index in [9.17, 15) is 0 Å². The zero-order valence-corrected chi connectivity index (χ0v) is 11.4. The van der Waals surface area contributed by atoms with Crippen molar-refractivity contribution in [2.75, 3.05) is 13.2 Å². The van der Waals surface area contributed by atoms with Gasteiger partial charge in [-0.15, -0.1) is 6.58 Å². The number of hydrogen-bond acceptors (Lipinski definition) is 2. The van der Waals surface area contributed by atoms with Crippen molar-refractivity contribution in [1.29, 1.82) is 0 Å². The van der Waals surface area contributed by atoms with Crippen LogP contribution >= 0.6 is 0 Å². The van der Waals surface area contributed by atoms with Crippen molar-refractivity contribution in [3.63, 3.8) is 0 Å². The summed E-state index contributed by atoms with van der Waals surface area (Å²) < 4.78 is 11.0. The van der Waals surface area contributed by atoms with E-state index in [1.165, 1.54) is 23.1 Å². The zero-order valence-electron chi connectivity index (χ0n) is 11.4. The summed E-state index contributed by atoms with van der Waals surface area (Å²) in [5.41, 5.74) is 4.05. The van der Waals surface area contributed by atoms with Gasteiger partial charge >= 0.3 is 0 Å². The van der Waals surface area contributed by atoms with Gasteiger partial charge < -0.3 is 9.47 Å². The highest BCUT2D eigenvalue weighted by molar-refractivity contribution is 5.45. The maximum Gasteiger partial charge on any atom is 0.122 e. The maximum atomic E-state index is 5.82. The molecule has 2 heteroatoms. The fourth-order valence-corrected chi connectivity index (χ4v) is 2.23. The van der Waals surface area contributed by atoms with Gasteiger partial charge in [-0.05, 0) is 42.5 Å². The minimum Gasteiger partial charge on any atom is -0.491 e. The van der Waals surface area contributed by atoms with Crippen molar-refractivity contribution in [3.05, 3.63) is 41.5 Å². The van der Waals surface area contributed by atoms with E-state index in [1.807, 2.05) is 6.08 Å². The predicted octanol–water partition coefficient (Wildman–Crippen LogP) is 3.45. The first-order valence-electron chi connectivity index (χ1n) is 6.73. The molecule has 1 aliphatic rings. The van der Waals surface area contributed by atoms with E-state index in [0.29, 0.717) is 12.7 Å². The molecule has 0 aliphatic carbocycles. The number of epoxide rings is 1. The Bertz CT molecular complexity index is 419. The Kier molecular flexibility index (Phi) is 4.43. The summed E-state index contributed by atoms with van der Waals surface area (Å²) in [4.78, 5) is 0. The van der Waals surface area contributed by atoms with Gasteiger partial charge in [0.2, 0.25) is 0 Å². The first-order chi connectivity index (χ1) is 8.76. The lowest BCUT2D eigenvalue weighted by Gasteiger charge is -2.15. The average molecular weight is 246 g/mol. The Morgan fingerprint density at radius 2 is 2.28 bits per heavy atom. The lowest BCUT2D eigenvalue weighted by atomic mass is 9.95. The highest BCUT2D eigenvalue weighted by Gasteiger charge is 2.23. The summed E-state index contributed by atoms with van der Waals surface area (Å²) in [5.74, 6) is 0.988. The molecule has 1 aromatic rings. The molecule has 0 spiro atoms. The molecule has 0 aromatic heterocycles. The van der Waals surface area contributed by atoms with Crippen LogP contribution in [0.2, 0.25) is 0 Å². The molecule has 0 bridgehead atoms. The smallest absolute Gasteiger partial charge is 0.122 e. The van der Waals surface area contributed by atoms with Crippen LogP contribution in [0, 0.1) is 6.92 Å². The number of allylic oxidation sites excluding steroid dienone is 1. The molecule has 1 saturated heterocycles. The van der Waals surface area contributed by atoms with E-state index in [0.717, 1.165) is 25.2 Å². The van der Waals surface area contributed by atoms with Crippen molar-refractivity contribution < 1.29 is 9.47 Å². The number of aryl methyl sites for hydroxylation is 1. The summed E-state index contributed by atoms with van der Waals surface area (Å²) in [6.45, 7) is 9.71. The molecule has 98 valence electrons. The second kappa shape index (κ2) is 6.05. The van der Waals surface area contributed by atoms with Gasteiger partial charge in [0, 0.05) is 0 Å². The van der Waals surface area contributed by atoms with Crippen LogP contribution in [0.15, 0.2) is 24.8 Å². The van der Waals surface area contributed by atoms with Crippen LogP contribution < -0.4 is 4.74 Å². The maximum absolute atomic E-state index is 5.82. The minimum absolute atomic E-state index is 0.308. The molecule has 2 nitrogen and oxygen atoms in total. The fourth-order valence-electron chi connectivity index (χ4n) is 2.23. The molecule has 1 fully saturated rings. The van der Waals surface area contributed by atoms with E-state index < -0.39 is 0 Å². The van der Waals surface area contributed by atoms with Crippen LogP contribution in [0.5, 0.6) is 5.75 Å². The normalized spacial score (nSPS) is 17.6. The molecule has 1 unspecified atom stereocenters. The Balaban J connectivity index is 2.18. The lowest BCUT2D eigenvalue weighted by Crippen LogP contribution is -2.07. The quantitative estimate of drug-likeness (QED) is 0.543. The summed E-state index contributed by atoms with van der Waals surface area (Å²) in [5, 5.41) is 0. The highest BCUT2D eigenvalue weighted by Crippen LogP contribution is 2.27. The first-order valence-corrected chi connectivity index (χ1v) is 6.73. The van der Waals surface area contributed by atoms with Crippen molar-refractivity contribution in [2.45, 2.75) is 39.2 Å². The van der Waals surface area contributed by atoms with Gasteiger partial charge in [-0.2, -0.15) is 0 Å². The Hall–Kier alpha value is -1.28. The van der Waals surface area contributed by atoms with Crippen LogP contribution in [0.3, 0.4) is 0 Å². The molecule has 0 N–H and O–H groups in total.